The largest absolute Gasteiger partial charge is 0.373 e. The normalized spacial score (nSPS) is 49.8. The Morgan fingerprint density at radius 2 is 1.56 bits per heavy atom. The van der Waals surface area contributed by atoms with E-state index in [1.54, 1.807) is 0 Å². The second-order valence-electron chi connectivity index (χ2n) is 8.68. The number of imide groups is 1. The van der Waals surface area contributed by atoms with Gasteiger partial charge in [-0.15, -0.1) is 23.2 Å². The molecule has 8 atom stereocenters. The van der Waals surface area contributed by atoms with E-state index in [1.807, 2.05) is 0 Å². The van der Waals surface area contributed by atoms with Gasteiger partial charge in [0.1, 0.15) is 0 Å². The lowest BCUT2D eigenvalue weighted by atomic mass is 9.65. The number of allylic oxidation sites excluding steroid dienone is 2. The average Bonchev–Trinajstić information content (AvgIpc) is 3.32. The van der Waals surface area contributed by atoms with E-state index >= 15 is 0 Å². The molecule has 4 bridgehead atoms. The Kier molecular flexibility index (Phi) is 4.05. The van der Waals surface area contributed by atoms with Gasteiger partial charge in [0.25, 0.3) is 11.8 Å². The molecule has 0 aromatic heterocycles. The van der Waals surface area contributed by atoms with Gasteiger partial charge in [-0.1, -0.05) is 37.0 Å². The lowest BCUT2D eigenvalue weighted by Gasteiger charge is -2.40. The van der Waals surface area contributed by atoms with Gasteiger partial charge in [-0.25, -0.2) is 0 Å². The minimum absolute atomic E-state index is 0.245. The van der Waals surface area contributed by atoms with Gasteiger partial charge in [0.15, 0.2) is 0 Å². The molecular formula is C18H19Cl4NO4. The maximum absolute atomic E-state index is 12.9. The molecule has 5 rings (SSSR count). The summed E-state index contributed by atoms with van der Waals surface area (Å²) in [6.07, 6.45) is 0.141. The minimum atomic E-state index is -0.940. The number of nitrogens with zero attached hydrogens (tertiary/aromatic N) is 1. The summed E-state index contributed by atoms with van der Waals surface area (Å²) in [5, 5.41) is 1.62. The number of halogens is 4. The summed E-state index contributed by atoms with van der Waals surface area (Å²) in [6, 6.07) is 0. The number of hydrogen-bond acceptors (Lipinski definition) is 4. The smallest absolute Gasteiger partial charge is 0.260 e. The summed E-state index contributed by atoms with van der Waals surface area (Å²) >= 11 is 26.6. The van der Waals surface area contributed by atoms with Crippen LogP contribution in [0.25, 0.3) is 0 Å². The van der Waals surface area contributed by atoms with Gasteiger partial charge in [0.2, 0.25) is 0 Å². The molecule has 5 aliphatic rings. The quantitative estimate of drug-likeness (QED) is 0.480. The van der Waals surface area contributed by atoms with E-state index in [4.69, 9.17) is 56.0 Å². The van der Waals surface area contributed by atoms with Gasteiger partial charge in [-0.2, -0.15) is 5.06 Å². The van der Waals surface area contributed by atoms with Crippen LogP contribution in [0.15, 0.2) is 10.1 Å². The third-order valence-corrected chi connectivity index (χ3v) is 9.38. The summed E-state index contributed by atoms with van der Waals surface area (Å²) in [7, 11) is 0. The summed E-state index contributed by atoms with van der Waals surface area (Å²) in [4.78, 5) is 29.5. The van der Waals surface area contributed by atoms with Crippen molar-refractivity contribution in [3.05, 3.63) is 10.1 Å². The first-order valence-corrected chi connectivity index (χ1v) is 10.7. The Balaban J connectivity index is 1.46. The number of carbonyl (C=O) groups excluding carboxylic acids is 2. The standard InChI is InChI=1S/C18H19Cl4NO4/c1-6(2)3-4-26-23-15(24)7-8(16(23)25)12-10-9(11(7)27-12)17(21)5-18(10,22)14(20)13(17)19/h6-12H,3-5H2,1-2H3/t7-,8+,9-,10-,11+,12+,17+,18+/m0/s1. The molecule has 0 unspecified atom stereocenters. The number of ether oxygens (including phenoxy) is 1. The van der Waals surface area contributed by atoms with E-state index in [1.165, 1.54) is 0 Å². The van der Waals surface area contributed by atoms with E-state index in [0.29, 0.717) is 29.0 Å². The van der Waals surface area contributed by atoms with Crippen LogP contribution >= 0.6 is 46.4 Å². The van der Waals surface area contributed by atoms with E-state index in [2.05, 4.69) is 13.8 Å². The van der Waals surface area contributed by atoms with Crippen LogP contribution in [0.3, 0.4) is 0 Å². The van der Waals surface area contributed by atoms with Crippen molar-refractivity contribution in [2.45, 2.75) is 48.6 Å². The lowest BCUT2D eigenvalue weighted by molar-refractivity contribution is -0.193. The van der Waals surface area contributed by atoms with Crippen LogP contribution in [0.2, 0.25) is 0 Å². The maximum Gasteiger partial charge on any atom is 0.260 e. The number of carbonyl (C=O) groups is 2. The van der Waals surface area contributed by atoms with Crippen LogP contribution in [0.5, 0.6) is 0 Å². The van der Waals surface area contributed by atoms with Crippen LogP contribution in [0, 0.1) is 29.6 Å². The molecule has 2 amide bonds. The second-order valence-corrected chi connectivity index (χ2v) is 10.8. The number of hydroxylamine groups is 2. The highest BCUT2D eigenvalue weighted by atomic mass is 35.5. The number of fused-ring (bicyclic) bond motifs is 12. The first-order valence-electron chi connectivity index (χ1n) is 9.23. The second kappa shape index (κ2) is 5.77. The van der Waals surface area contributed by atoms with Crippen molar-refractivity contribution < 1.29 is 19.2 Å². The average molecular weight is 455 g/mol. The van der Waals surface area contributed by atoms with E-state index in [9.17, 15) is 9.59 Å². The van der Waals surface area contributed by atoms with Crippen molar-refractivity contribution in [2.24, 2.45) is 29.6 Å². The summed E-state index contributed by atoms with van der Waals surface area (Å²) in [6.45, 7) is 4.42. The zero-order valence-corrected chi connectivity index (χ0v) is 17.8. The molecular weight excluding hydrogens is 436 g/mol. The Morgan fingerprint density at radius 1 is 1.07 bits per heavy atom. The predicted octanol–water partition coefficient (Wildman–Crippen LogP) is 3.64. The third-order valence-electron chi connectivity index (χ3n) is 6.88. The zero-order valence-electron chi connectivity index (χ0n) is 14.8. The van der Waals surface area contributed by atoms with Crippen molar-refractivity contribution in [1.82, 2.24) is 5.06 Å². The molecule has 0 aromatic carbocycles. The van der Waals surface area contributed by atoms with Crippen LogP contribution in [0.4, 0.5) is 0 Å². The van der Waals surface area contributed by atoms with E-state index in [-0.39, 0.29) is 23.7 Å². The van der Waals surface area contributed by atoms with Gasteiger partial charge >= 0.3 is 0 Å². The molecule has 1 saturated carbocycles. The predicted molar refractivity (Wildman–Crippen MR) is 100 cm³/mol. The molecule has 0 radical (unpaired) electrons. The van der Waals surface area contributed by atoms with Gasteiger partial charge < -0.3 is 4.74 Å². The molecule has 0 spiro atoms. The van der Waals surface area contributed by atoms with Gasteiger partial charge in [-0.3, -0.25) is 14.4 Å². The van der Waals surface area contributed by atoms with Crippen molar-refractivity contribution >= 4 is 58.2 Å². The first-order chi connectivity index (χ1) is 12.6. The fourth-order valence-electron chi connectivity index (χ4n) is 5.77. The maximum atomic E-state index is 12.9. The van der Waals surface area contributed by atoms with Crippen LogP contribution < -0.4 is 0 Å². The highest BCUT2D eigenvalue weighted by molar-refractivity contribution is 6.51. The third kappa shape index (κ3) is 2.11. The fraction of sp³-hybridized carbons (Fsp3) is 0.778. The molecule has 0 N–H and O–H groups in total. The molecule has 2 aliphatic carbocycles. The minimum Gasteiger partial charge on any atom is -0.373 e. The van der Waals surface area contributed by atoms with Crippen LogP contribution in [-0.2, 0) is 19.2 Å². The number of alkyl halides is 2. The summed E-state index contributed by atoms with van der Waals surface area (Å²) in [5.74, 6) is -1.97. The number of hydrogen-bond donors (Lipinski definition) is 0. The van der Waals surface area contributed by atoms with Crippen LogP contribution in [0.1, 0.15) is 26.7 Å². The van der Waals surface area contributed by atoms with Gasteiger partial charge in [-0.05, 0) is 18.8 Å². The van der Waals surface area contributed by atoms with Crippen molar-refractivity contribution in [2.75, 3.05) is 6.61 Å². The molecule has 5 nitrogen and oxygen atoms in total. The lowest BCUT2D eigenvalue weighted by Crippen LogP contribution is -2.50. The SMILES string of the molecule is CC(C)CCON1C(=O)[C@@H]2[C@H]3O[C@H]([C@@H]2C1=O)[C@@H]1[C@@H]3[C@]2(Cl)C[C@]1(Cl)C(Cl)=C2Cl. The molecule has 3 heterocycles. The van der Waals surface area contributed by atoms with Crippen molar-refractivity contribution in [1.29, 1.82) is 0 Å². The van der Waals surface area contributed by atoms with Crippen molar-refractivity contribution in [3.63, 3.8) is 0 Å². The van der Waals surface area contributed by atoms with Crippen LogP contribution in [-0.4, -0.2) is 45.4 Å². The van der Waals surface area contributed by atoms with E-state index < -0.39 is 33.8 Å². The molecule has 3 saturated heterocycles. The molecule has 27 heavy (non-hydrogen) atoms. The first kappa shape index (κ1) is 19.0. The Morgan fingerprint density at radius 3 is 2.00 bits per heavy atom. The Hall–Kier alpha value is -0.0400. The number of rotatable bonds is 4. The zero-order chi connectivity index (χ0) is 19.5. The molecule has 148 valence electrons. The van der Waals surface area contributed by atoms with E-state index in [0.717, 1.165) is 11.5 Å². The highest BCUT2D eigenvalue weighted by Crippen LogP contribution is 2.75. The summed E-state index contributed by atoms with van der Waals surface area (Å²) < 4.78 is 6.11. The molecule has 4 fully saturated rings. The van der Waals surface area contributed by atoms with Gasteiger partial charge in [0, 0.05) is 11.8 Å². The summed E-state index contributed by atoms with van der Waals surface area (Å²) in [5.41, 5.74) is 0. The monoisotopic (exact) mass is 453 g/mol. The molecule has 3 aliphatic heterocycles. The highest BCUT2D eigenvalue weighted by Gasteiger charge is 2.82. The number of amides is 2. The van der Waals surface area contributed by atoms with Crippen molar-refractivity contribution in [3.8, 4) is 0 Å². The molecule has 9 heteroatoms. The topological polar surface area (TPSA) is 55.8 Å². The fourth-order valence-corrected chi connectivity index (χ4v) is 7.79. The Bertz CT molecular complexity index is 733. The Labute approximate surface area is 177 Å². The van der Waals surface area contributed by atoms with Gasteiger partial charge in [0.05, 0.1) is 50.5 Å². The molecule has 0 aromatic rings.